The normalized spacial score (nSPS) is 12.2. The van der Waals surface area contributed by atoms with Crippen molar-refractivity contribution in [3.8, 4) is 0 Å². The highest BCUT2D eigenvalue weighted by atomic mass is 35.5. The summed E-state index contributed by atoms with van der Waals surface area (Å²) < 4.78 is 50.4. The minimum absolute atomic E-state index is 0.115. The van der Waals surface area contributed by atoms with Crippen LogP contribution in [0.15, 0.2) is 30.3 Å². The number of anilines is 1. The second-order valence-corrected chi connectivity index (χ2v) is 6.59. The quantitative estimate of drug-likeness (QED) is 0.819. The average molecular weight is 348 g/mol. The Bertz CT molecular complexity index is 701. The van der Waals surface area contributed by atoms with E-state index in [2.05, 4.69) is 5.32 Å². The highest BCUT2D eigenvalue weighted by Crippen LogP contribution is 2.22. The van der Waals surface area contributed by atoms with Crippen LogP contribution in [0.1, 0.15) is 11.1 Å². The molecule has 0 radical (unpaired) electrons. The summed E-state index contributed by atoms with van der Waals surface area (Å²) in [6, 6.07) is 6.94. The van der Waals surface area contributed by atoms with Gasteiger partial charge in [-0.25, -0.2) is 13.2 Å². The summed E-state index contributed by atoms with van der Waals surface area (Å²) in [5.41, 5.74) is 1.64. The second kappa shape index (κ2) is 7.15. The van der Waals surface area contributed by atoms with Crippen LogP contribution in [-0.4, -0.2) is 10.5 Å². The van der Waals surface area contributed by atoms with E-state index in [1.165, 1.54) is 0 Å². The van der Waals surface area contributed by atoms with Gasteiger partial charge in [0, 0.05) is 40.1 Å². The third-order valence-electron chi connectivity index (χ3n) is 2.94. The van der Waals surface area contributed by atoms with E-state index in [9.17, 15) is 17.4 Å². The van der Waals surface area contributed by atoms with Gasteiger partial charge in [0.05, 0.1) is 0 Å². The molecule has 2 nitrogen and oxygen atoms in total. The van der Waals surface area contributed by atoms with E-state index < -0.39 is 28.3 Å². The third kappa shape index (κ3) is 4.24. The molecule has 0 saturated heterocycles. The Hall–Kier alpha value is -1.53. The Morgan fingerprint density at radius 3 is 2.36 bits per heavy atom. The molecule has 22 heavy (non-hydrogen) atoms. The lowest BCUT2D eigenvalue weighted by molar-refractivity contribution is 0.445. The van der Waals surface area contributed by atoms with Crippen molar-refractivity contribution in [1.29, 1.82) is 0 Å². The molecule has 1 atom stereocenters. The molecule has 1 unspecified atom stereocenters. The number of rotatable bonds is 5. The maximum atomic E-state index is 13.1. The first-order valence-electron chi connectivity index (χ1n) is 6.32. The smallest absolute Gasteiger partial charge is 0.194 e. The first-order chi connectivity index (χ1) is 10.4. The van der Waals surface area contributed by atoms with Gasteiger partial charge in [-0.05, 0) is 41.5 Å². The monoisotopic (exact) mass is 347 g/mol. The van der Waals surface area contributed by atoms with Gasteiger partial charge in [0.1, 0.15) is 0 Å². The van der Waals surface area contributed by atoms with Gasteiger partial charge in [-0.1, -0.05) is 11.6 Å². The van der Waals surface area contributed by atoms with Crippen molar-refractivity contribution in [3.63, 3.8) is 0 Å². The van der Waals surface area contributed by atoms with Crippen LogP contribution >= 0.6 is 11.6 Å². The lowest BCUT2D eigenvalue weighted by Gasteiger charge is -2.10. The minimum atomic E-state index is -1.48. The summed E-state index contributed by atoms with van der Waals surface area (Å²) in [6.07, 6.45) is 1.57. The Morgan fingerprint density at radius 2 is 1.77 bits per heavy atom. The molecule has 0 heterocycles. The summed E-state index contributed by atoms with van der Waals surface area (Å²) in [5, 5.41) is 3.46. The SMILES string of the molecule is CS(=O)Cc1cc(NCc2cc(F)c(F)c(F)c2)ccc1Cl. The molecule has 1 N–H and O–H groups in total. The predicted molar refractivity (Wildman–Crippen MR) is 82.9 cm³/mol. The van der Waals surface area contributed by atoms with Gasteiger partial charge < -0.3 is 5.32 Å². The van der Waals surface area contributed by atoms with Crippen molar-refractivity contribution in [2.24, 2.45) is 0 Å². The summed E-state index contributed by atoms with van der Waals surface area (Å²) >= 11 is 6.01. The lowest BCUT2D eigenvalue weighted by atomic mass is 10.2. The van der Waals surface area contributed by atoms with Gasteiger partial charge in [0.25, 0.3) is 0 Å². The van der Waals surface area contributed by atoms with E-state index in [1.807, 2.05) is 0 Å². The van der Waals surface area contributed by atoms with E-state index in [1.54, 1.807) is 24.5 Å². The van der Waals surface area contributed by atoms with Gasteiger partial charge >= 0.3 is 0 Å². The molecule has 0 saturated carbocycles. The van der Waals surface area contributed by atoms with E-state index in [0.717, 1.165) is 12.1 Å². The van der Waals surface area contributed by atoms with Gasteiger partial charge in [-0.15, -0.1) is 0 Å². The molecular formula is C15H13ClF3NOS. The van der Waals surface area contributed by atoms with Crippen LogP contribution in [0.5, 0.6) is 0 Å². The standard InChI is InChI=1S/C15H13ClF3NOS/c1-22(21)8-10-6-11(2-3-12(10)16)20-7-9-4-13(17)15(19)14(18)5-9/h2-6,20H,7-8H2,1H3. The molecule has 7 heteroatoms. The molecule has 0 fully saturated rings. The van der Waals surface area contributed by atoms with E-state index in [4.69, 9.17) is 11.6 Å². The van der Waals surface area contributed by atoms with Crippen molar-refractivity contribution in [3.05, 3.63) is 63.9 Å². The van der Waals surface area contributed by atoms with Crippen molar-refractivity contribution in [1.82, 2.24) is 0 Å². The highest BCUT2D eigenvalue weighted by Gasteiger charge is 2.10. The zero-order valence-corrected chi connectivity index (χ0v) is 13.2. The van der Waals surface area contributed by atoms with Gasteiger partial charge in [0.2, 0.25) is 0 Å². The Kier molecular flexibility index (Phi) is 5.47. The fourth-order valence-electron chi connectivity index (χ4n) is 1.93. The topological polar surface area (TPSA) is 29.1 Å². The van der Waals surface area contributed by atoms with Crippen LogP contribution in [0.4, 0.5) is 18.9 Å². The fourth-order valence-corrected chi connectivity index (χ4v) is 2.87. The van der Waals surface area contributed by atoms with Gasteiger partial charge in [0.15, 0.2) is 17.5 Å². The number of nitrogens with one attached hydrogen (secondary N) is 1. The van der Waals surface area contributed by atoms with Crippen LogP contribution in [0.3, 0.4) is 0 Å². The van der Waals surface area contributed by atoms with Crippen molar-refractivity contribution in [2.75, 3.05) is 11.6 Å². The largest absolute Gasteiger partial charge is 0.381 e. The van der Waals surface area contributed by atoms with Gasteiger partial charge in [-0.3, -0.25) is 4.21 Å². The first-order valence-corrected chi connectivity index (χ1v) is 8.43. The van der Waals surface area contributed by atoms with Crippen molar-refractivity contribution in [2.45, 2.75) is 12.3 Å². The molecule has 2 aromatic rings. The number of halogens is 4. The Balaban J connectivity index is 2.13. The van der Waals surface area contributed by atoms with Crippen LogP contribution in [0, 0.1) is 17.5 Å². The maximum Gasteiger partial charge on any atom is 0.194 e. The molecular weight excluding hydrogens is 335 g/mol. The Labute approximate surface area is 133 Å². The summed E-state index contributed by atoms with van der Waals surface area (Å²) in [4.78, 5) is 0. The predicted octanol–water partition coefficient (Wildman–Crippen LogP) is 4.25. The van der Waals surface area contributed by atoms with Gasteiger partial charge in [-0.2, -0.15) is 0 Å². The third-order valence-corrected chi connectivity index (χ3v) is 4.03. The molecule has 118 valence electrons. The lowest BCUT2D eigenvalue weighted by Crippen LogP contribution is -2.03. The van der Waals surface area contributed by atoms with Crippen molar-refractivity contribution < 1.29 is 17.4 Å². The molecule has 0 bridgehead atoms. The summed E-state index contributed by atoms with van der Waals surface area (Å²) in [6.45, 7) is 0.115. The highest BCUT2D eigenvalue weighted by molar-refractivity contribution is 7.83. The molecule has 0 aliphatic rings. The van der Waals surface area contributed by atoms with Crippen molar-refractivity contribution >= 4 is 28.1 Å². The number of hydrogen-bond donors (Lipinski definition) is 1. The summed E-state index contributed by atoms with van der Waals surface area (Å²) in [7, 11) is -1.04. The van der Waals surface area contributed by atoms with E-state index in [-0.39, 0.29) is 12.1 Å². The second-order valence-electron chi connectivity index (χ2n) is 4.75. The van der Waals surface area contributed by atoms with E-state index >= 15 is 0 Å². The average Bonchev–Trinajstić information content (AvgIpc) is 2.45. The molecule has 2 aromatic carbocycles. The summed E-state index contributed by atoms with van der Waals surface area (Å²) in [5.74, 6) is -3.62. The van der Waals surface area contributed by atoms with Crippen LogP contribution in [-0.2, 0) is 23.1 Å². The fraction of sp³-hybridized carbons (Fsp3) is 0.200. The minimum Gasteiger partial charge on any atom is -0.381 e. The zero-order valence-electron chi connectivity index (χ0n) is 11.6. The number of hydrogen-bond acceptors (Lipinski definition) is 2. The number of benzene rings is 2. The molecule has 0 aliphatic heterocycles. The van der Waals surface area contributed by atoms with Crippen LogP contribution in [0.25, 0.3) is 0 Å². The van der Waals surface area contributed by atoms with Crippen LogP contribution in [0.2, 0.25) is 5.02 Å². The first kappa shape index (κ1) is 16.8. The van der Waals surface area contributed by atoms with Crippen LogP contribution < -0.4 is 5.32 Å². The molecule has 0 aliphatic carbocycles. The molecule has 0 spiro atoms. The molecule has 2 rings (SSSR count). The Morgan fingerprint density at radius 1 is 1.14 bits per heavy atom. The van der Waals surface area contributed by atoms with E-state index in [0.29, 0.717) is 22.0 Å². The maximum absolute atomic E-state index is 13.1. The molecule has 0 amide bonds. The molecule has 0 aromatic heterocycles. The zero-order chi connectivity index (χ0) is 16.3.